The van der Waals surface area contributed by atoms with Crippen molar-refractivity contribution in [2.45, 2.75) is 6.92 Å². The van der Waals surface area contributed by atoms with Gasteiger partial charge in [0.2, 0.25) is 0 Å². The number of halogens is 3. The molecule has 4 nitrogen and oxygen atoms in total. The van der Waals surface area contributed by atoms with E-state index in [0.717, 1.165) is 0 Å². The Morgan fingerprint density at radius 3 is 2.59 bits per heavy atom. The molecule has 0 aliphatic carbocycles. The minimum atomic E-state index is -0.0851. The third kappa shape index (κ3) is 4.19. The summed E-state index contributed by atoms with van der Waals surface area (Å²) in [6.45, 7) is 2.24. The molecule has 0 aliphatic rings. The van der Waals surface area contributed by atoms with E-state index in [-0.39, 0.29) is 10.8 Å². The van der Waals surface area contributed by atoms with Gasteiger partial charge in [0.25, 0.3) is 0 Å². The van der Waals surface area contributed by atoms with Crippen molar-refractivity contribution in [3.8, 4) is 11.5 Å². The van der Waals surface area contributed by atoms with Crippen LogP contribution in [0.5, 0.6) is 11.5 Å². The summed E-state index contributed by atoms with van der Waals surface area (Å²) in [6, 6.07) is 8.31. The van der Waals surface area contributed by atoms with Gasteiger partial charge in [-0.05, 0) is 42.8 Å². The Hall–Kier alpha value is -1.62. The van der Waals surface area contributed by atoms with E-state index in [4.69, 9.17) is 39.5 Å². The molecule has 0 aromatic heterocycles. The zero-order valence-electron chi connectivity index (χ0n) is 11.6. The summed E-state index contributed by atoms with van der Waals surface area (Å²) >= 11 is 17.7. The predicted octanol–water partition coefficient (Wildman–Crippen LogP) is 5.20. The first kappa shape index (κ1) is 16.7. The summed E-state index contributed by atoms with van der Waals surface area (Å²) in [5, 5.41) is 15.0. The fourth-order valence-corrected chi connectivity index (χ4v) is 2.20. The average Bonchev–Trinajstić information content (AvgIpc) is 2.48. The van der Waals surface area contributed by atoms with Gasteiger partial charge in [0.05, 0.1) is 33.6 Å². The highest BCUT2D eigenvalue weighted by atomic mass is 35.5. The molecule has 2 N–H and O–H groups in total. The normalized spacial score (nSPS) is 10.9. The van der Waals surface area contributed by atoms with Crippen LogP contribution in [0.1, 0.15) is 12.5 Å². The number of hydrogen-bond acceptors (Lipinski definition) is 4. The van der Waals surface area contributed by atoms with Crippen LogP contribution in [0.3, 0.4) is 0 Å². The molecule has 0 amide bonds. The zero-order chi connectivity index (χ0) is 16.1. The fraction of sp³-hybridized carbons (Fsp3) is 0.133. The number of phenols is 1. The number of anilines is 1. The molecule has 0 saturated heterocycles. The van der Waals surface area contributed by atoms with Crippen molar-refractivity contribution in [2.75, 3.05) is 12.0 Å². The molecular weight excluding hydrogens is 347 g/mol. The average molecular weight is 360 g/mol. The van der Waals surface area contributed by atoms with Crippen LogP contribution in [0.4, 0.5) is 5.69 Å². The van der Waals surface area contributed by atoms with Gasteiger partial charge in [-0.25, -0.2) is 0 Å². The number of phenolic OH excluding ortho intramolecular Hbond substituents is 1. The van der Waals surface area contributed by atoms with E-state index in [1.54, 1.807) is 36.5 Å². The van der Waals surface area contributed by atoms with Crippen molar-refractivity contribution in [2.24, 2.45) is 5.10 Å². The first-order chi connectivity index (χ1) is 10.5. The number of nitrogens with one attached hydrogen (secondary N) is 1. The van der Waals surface area contributed by atoms with Gasteiger partial charge >= 0.3 is 0 Å². The molecule has 0 unspecified atom stereocenters. The molecule has 0 saturated carbocycles. The summed E-state index contributed by atoms with van der Waals surface area (Å²) in [7, 11) is 0. The molecule has 2 rings (SSSR count). The second-order valence-corrected chi connectivity index (χ2v) is 5.50. The Balaban J connectivity index is 2.14. The Kier molecular flexibility index (Phi) is 5.77. The van der Waals surface area contributed by atoms with Gasteiger partial charge in [-0.15, -0.1) is 0 Å². The summed E-state index contributed by atoms with van der Waals surface area (Å²) in [5.74, 6) is 0.226. The van der Waals surface area contributed by atoms with Gasteiger partial charge in [-0.3, -0.25) is 5.43 Å². The Bertz CT molecular complexity index is 705. The van der Waals surface area contributed by atoms with E-state index in [9.17, 15) is 5.11 Å². The number of rotatable bonds is 5. The first-order valence-electron chi connectivity index (χ1n) is 6.40. The molecule has 2 aromatic rings. The third-order valence-corrected chi connectivity index (χ3v) is 3.70. The Morgan fingerprint density at radius 2 is 1.91 bits per heavy atom. The van der Waals surface area contributed by atoms with Gasteiger partial charge in [-0.1, -0.05) is 34.8 Å². The highest BCUT2D eigenvalue weighted by Crippen LogP contribution is 2.34. The number of hydrogen-bond donors (Lipinski definition) is 2. The molecule has 0 radical (unpaired) electrons. The van der Waals surface area contributed by atoms with Gasteiger partial charge in [0.1, 0.15) is 0 Å². The van der Waals surface area contributed by atoms with Crippen molar-refractivity contribution in [1.82, 2.24) is 0 Å². The highest BCUT2D eigenvalue weighted by molar-refractivity contribution is 6.42. The number of nitrogens with zero attached hydrogens (tertiary/aromatic N) is 1. The molecule has 0 aliphatic heterocycles. The maximum absolute atomic E-state index is 9.77. The number of ether oxygens (including phenoxy) is 1. The maximum Gasteiger partial charge on any atom is 0.176 e. The molecule has 2 aromatic carbocycles. The van der Waals surface area contributed by atoms with Crippen LogP contribution in [0.2, 0.25) is 15.1 Å². The van der Waals surface area contributed by atoms with Gasteiger partial charge in [0, 0.05) is 0 Å². The van der Waals surface area contributed by atoms with Crippen LogP contribution in [-0.2, 0) is 0 Å². The third-order valence-electron chi connectivity index (χ3n) is 2.68. The van der Waals surface area contributed by atoms with E-state index < -0.39 is 0 Å². The van der Waals surface area contributed by atoms with Crippen LogP contribution in [0, 0.1) is 0 Å². The van der Waals surface area contributed by atoms with E-state index in [2.05, 4.69) is 10.5 Å². The lowest BCUT2D eigenvalue weighted by molar-refractivity contribution is 0.318. The molecule has 0 spiro atoms. The molecular formula is C15H13Cl3N2O2. The van der Waals surface area contributed by atoms with E-state index in [1.165, 1.54) is 0 Å². The van der Waals surface area contributed by atoms with Gasteiger partial charge < -0.3 is 9.84 Å². The standard InChI is InChI=1S/C15H13Cl3N2O2/c1-2-22-14-6-9(5-13(18)15(14)21)8-19-20-10-3-4-11(16)12(17)7-10/h3-8,20-21H,2H2,1H3. The maximum atomic E-state index is 9.77. The lowest BCUT2D eigenvalue weighted by atomic mass is 10.2. The number of aromatic hydroxyl groups is 1. The van der Waals surface area contributed by atoms with Crippen LogP contribution in [0.15, 0.2) is 35.4 Å². The number of hydrazone groups is 1. The van der Waals surface area contributed by atoms with Crippen molar-refractivity contribution in [3.63, 3.8) is 0 Å². The lowest BCUT2D eigenvalue weighted by Crippen LogP contribution is -1.95. The van der Waals surface area contributed by atoms with Crippen molar-refractivity contribution in [3.05, 3.63) is 51.0 Å². The van der Waals surface area contributed by atoms with Crippen molar-refractivity contribution < 1.29 is 9.84 Å². The fourth-order valence-electron chi connectivity index (χ4n) is 1.68. The highest BCUT2D eigenvalue weighted by Gasteiger charge is 2.08. The van der Waals surface area contributed by atoms with E-state index in [1.807, 2.05) is 6.92 Å². The summed E-state index contributed by atoms with van der Waals surface area (Å²) in [5.41, 5.74) is 4.20. The minimum Gasteiger partial charge on any atom is -0.503 e. The topological polar surface area (TPSA) is 53.8 Å². The quantitative estimate of drug-likeness (QED) is 0.570. The second kappa shape index (κ2) is 7.58. The number of benzene rings is 2. The van der Waals surface area contributed by atoms with E-state index >= 15 is 0 Å². The zero-order valence-corrected chi connectivity index (χ0v) is 13.9. The molecule has 0 heterocycles. The summed E-state index contributed by atoms with van der Waals surface area (Å²) in [6.07, 6.45) is 1.55. The summed E-state index contributed by atoms with van der Waals surface area (Å²) < 4.78 is 5.30. The van der Waals surface area contributed by atoms with Crippen molar-refractivity contribution >= 4 is 46.7 Å². The Labute approximate surface area is 143 Å². The minimum absolute atomic E-state index is 0.0851. The lowest BCUT2D eigenvalue weighted by Gasteiger charge is -2.08. The summed E-state index contributed by atoms with van der Waals surface area (Å²) in [4.78, 5) is 0. The van der Waals surface area contributed by atoms with E-state index in [0.29, 0.717) is 33.7 Å². The molecule has 22 heavy (non-hydrogen) atoms. The Morgan fingerprint density at radius 1 is 1.14 bits per heavy atom. The molecule has 7 heteroatoms. The molecule has 0 bridgehead atoms. The van der Waals surface area contributed by atoms with Crippen LogP contribution in [0.25, 0.3) is 0 Å². The second-order valence-electron chi connectivity index (χ2n) is 4.28. The molecule has 0 atom stereocenters. The smallest absolute Gasteiger partial charge is 0.176 e. The first-order valence-corrected chi connectivity index (χ1v) is 7.54. The van der Waals surface area contributed by atoms with Crippen LogP contribution < -0.4 is 10.2 Å². The van der Waals surface area contributed by atoms with Gasteiger partial charge in [-0.2, -0.15) is 5.10 Å². The monoisotopic (exact) mass is 358 g/mol. The largest absolute Gasteiger partial charge is 0.503 e. The molecule has 0 fully saturated rings. The predicted molar refractivity (Wildman–Crippen MR) is 92.0 cm³/mol. The van der Waals surface area contributed by atoms with Gasteiger partial charge in [0.15, 0.2) is 11.5 Å². The van der Waals surface area contributed by atoms with Crippen LogP contribution >= 0.6 is 34.8 Å². The SMILES string of the molecule is CCOc1cc(C=NNc2ccc(Cl)c(Cl)c2)cc(Cl)c1O. The van der Waals surface area contributed by atoms with Crippen LogP contribution in [-0.4, -0.2) is 17.9 Å². The molecule has 116 valence electrons. The van der Waals surface area contributed by atoms with Crippen molar-refractivity contribution in [1.29, 1.82) is 0 Å².